The molecule has 2 aromatic rings. The van der Waals surface area contributed by atoms with Gasteiger partial charge in [-0.05, 0) is 29.3 Å². The summed E-state index contributed by atoms with van der Waals surface area (Å²) < 4.78 is 4.95. The Morgan fingerprint density at radius 3 is 2.52 bits per heavy atom. The van der Waals surface area contributed by atoms with Gasteiger partial charge in [0.2, 0.25) is 0 Å². The molecule has 1 aromatic heterocycles. The Labute approximate surface area is 120 Å². The van der Waals surface area contributed by atoms with Crippen LogP contribution < -0.4 is 0 Å². The van der Waals surface area contributed by atoms with E-state index in [2.05, 4.69) is 4.98 Å². The molecule has 1 aromatic carbocycles. The summed E-state index contributed by atoms with van der Waals surface area (Å²) >= 11 is 0. The second-order valence-corrected chi connectivity index (χ2v) is 4.22. The summed E-state index contributed by atoms with van der Waals surface area (Å²) in [7, 11) is 1.45. The zero-order valence-electron chi connectivity index (χ0n) is 11.1. The molecule has 1 N–H and O–H groups in total. The largest absolute Gasteiger partial charge is 0.478 e. The zero-order valence-corrected chi connectivity index (χ0v) is 11.1. The van der Waals surface area contributed by atoms with Gasteiger partial charge in [0.25, 0.3) is 5.69 Å². The third-order valence-corrected chi connectivity index (χ3v) is 2.91. The number of pyridine rings is 1. The van der Waals surface area contributed by atoms with Crippen LogP contribution in [0.25, 0.3) is 11.1 Å². The summed E-state index contributed by atoms with van der Waals surface area (Å²) in [5.41, 5.74) is 1.30. The summed E-state index contributed by atoms with van der Waals surface area (Å²) in [6.07, 6.45) is 1.48. The van der Waals surface area contributed by atoms with E-state index in [1.807, 2.05) is 0 Å². The third kappa shape index (κ3) is 3.03. The van der Waals surface area contributed by atoms with Crippen molar-refractivity contribution in [1.82, 2.24) is 4.98 Å². The van der Waals surface area contributed by atoms with Gasteiger partial charge in [0.15, 0.2) is 0 Å². The predicted molar refractivity (Wildman–Crippen MR) is 74.0 cm³/mol. The van der Waals surface area contributed by atoms with Crippen LogP contribution in [0.3, 0.4) is 0 Å². The van der Waals surface area contributed by atoms with Crippen LogP contribution in [-0.4, -0.2) is 28.1 Å². The number of carboxylic acids is 1. The van der Waals surface area contributed by atoms with Gasteiger partial charge in [-0.15, -0.1) is 0 Å². The van der Waals surface area contributed by atoms with Gasteiger partial charge in [0.1, 0.15) is 0 Å². The Bertz CT molecular complexity index is 682. The van der Waals surface area contributed by atoms with Crippen LogP contribution in [0, 0.1) is 10.1 Å². The van der Waals surface area contributed by atoms with E-state index in [0.717, 1.165) is 0 Å². The fourth-order valence-electron chi connectivity index (χ4n) is 1.99. The number of aromatic carboxylic acids is 1. The van der Waals surface area contributed by atoms with Crippen molar-refractivity contribution in [3.8, 4) is 11.1 Å². The first-order chi connectivity index (χ1) is 10.0. The Hall–Kier alpha value is -2.80. The smallest absolute Gasteiger partial charge is 0.338 e. The topological polar surface area (TPSA) is 103 Å². The van der Waals surface area contributed by atoms with Crippen molar-refractivity contribution in [3.63, 3.8) is 0 Å². The fraction of sp³-hybridized carbons (Fsp3) is 0.143. The highest BCUT2D eigenvalue weighted by Crippen LogP contribution is 2.27. The van der Waals surface area contributed by atoms with Crippen molar-refractivity contribution >= 4 is 11.7 Å². The number of rotatable bonds is 5. The van der Waals surface area contributed by atoms with E-state index < -0.39 is 10.9 Å². The molecule has 0 aliphatic heterocycles. The summed E-state index contributed by atoms with van der Waals surface area (Å²) in [4.78, 5) is 25.6. The average molecular weight is 288 g/mol. The molecule has 2 rings (SSSR count). The summed E-state index contributed by atoms with van der Waals surface area (Å²) in [5.74, 6) is -1.12. The van der Waals surface area contributed by atoms with Gasteiger partial charge in [0, 0.05) is 25.4 Å². The number of aromatic nitrogens is 1. The number of nitrogens with zero attached hydrogens (tertiary/aromatic N) is 2. The SMILES string of the molecule is COCc1nccc(-c2ccc([N+](=O)[O-])cc2)c1C(=O)O. The minimum absolute atomic E-state index is 0.0354. The number of carboxylic acid groups (broad SMARTS) is 1. The highest BCUT2D eigenvalue weighted by atomic mass is 16.6. The summed E-state index contributed by atoms with van der Waals surface area (Å²) in [6, 6.07) is 7.24. The van der Waals surface area contributed by atoms with Crippen molar-refractivity contribution in [1.29, 1.82) is 0 Å². The van der Waals surface area contributed by atoms with Crippen molar-refractivity contribution in [2.24, 2.45) is 0 Å². The molecule has 0 aliphatic carbocycles. The number of hydrogen-bond acceptors (Lipinski definition) is 5. The molecule has 0 fully saturated rings. The van der Waals surface area contributed by atoms with E-state index in [4.69, 9.17) is 4.74 Å². The molecule has 0 unspecified atom stereocenters. The molecule has 0 spiro atoms. The molecule has 0 saturated carbocycles. The standard InChI is InChI=1S/C14H12N2O5/c1-21-8-12-13(14(17)18)11(6-7-15-12)9-2-4-10(5-3-9)16(19)20/h2-7H,8H2,1H3,(H,17,18). The summed E-state index contributed by atoms with van der Waals surface area (Å²) in [5, 5.41) is 20.0. The molecule has 0 bridgehead atoms. The maximum atomic E-state index is 11.5. The predicted octanol–water partition coefficient (Wildman–Crippen LogP) is 2.50. The molecule has 0 atom stereocenters. The fourth-order valence-corrected chi connectivity index (χ4v) is 1.99. The molecule has 0 saturated heterocycles. The second kappa shape index (κ2) is 6.10. The van der Waals surface area contributed by atoms with Crippen molar-refractivity contribution in [3.05, 3.63) is 57.9 Å². The molecular weight excluding hydrogens is 276 g/mol. The monoisotopic (exact) mass is 288 g/mol. The number of nitro benzene ring substituents is 1. The Morgan fingerprint density at radius 1 is 1.33 bits per heavy atom. The lowest BCUT2D eigenvalue weighted by atomic mass is 9.99. The van der Waals surface area contributed by atoms with E-state index >= 15 is 0 Å². The lowest BCUT2D eigenvalue weighted by molar-refractivity contribution is -0.384. The highest BCUT2D eigenvalue weighted by molar-refractivity contribution is 5.97. The molecule has 7 heteroatoms. The highest BCUT2D eigenvalue weighted by Gasteiger charge is 2.18. The molecule has 7 nitrogen and oxygen atoms in total. The van der Waals surface area contributed by atoms with E-state index in [1.54, 1.807) is 6.07 Å². The van der Waals surface area contributed by atoms with Gasteiger partial charge in [-0.2, -0.15) is 0 Å². The Balaban J connectivity index is 2.54. The first-order valence-corrected chi connectivity index (χ1v) is 5.99. The lowest BCUT2D eigenvalue weighted by Gasteiger charge is -2.10. The minimum atomic E-state index is -1.12. The molecule has 0 amide bonds. The van der Waals surface area contributed by atoms with Crippen LogP contribution in [0.4, 0.5) is 5.69 Å². The lowest BCUT2D eigenvalue weighted by Crippen LogP contribution is -2.08. The maximum Gasteiger partial charge on any atom is 0.338 e. The molecule has 21 heavy (non-hydrogen) atoms. The van der Waals surface area contributed by atoms with Crippen LogP contribution in [0.2, 0.25) is 0 Å². The van der Waals surface area contributed by atoms with Gasteiger partial charge < -0.3 is 9.84 Å². The first kappa shape index (κ1) is 14.6. The molecule has 0 radical (unpaired) electrons. The molecule has 108 valence electrons. The average Bonchev–Trinajstić information content (AvgIpc) is 2.47. The Kier molecular flexibility index (Phi) is 4.24. The molecular formula is C14H12N2O5. The van der Waals surface area contributed by atoms with Gasteiger partial charge in [0.05, 0.1) is 22.8 Å². The van der Waals surface area contributed by atoms with E-state index in [-0.39, 0.29) is 17.9 Å². The van der Waals surface area contributed by atoms with E-state index in [0.29, 0.717) is 16.8 Å². The van der Waals surface area contributed by atoms with Gasteiger partial charge >= 0.3 is 5.97 Å². The molecule has 0 aliphatic rings. The number of methoxy groups -OCH3 is 1. The third-order valence-electron chi connectivity index (χ3n) is 2.91. The van der Waals surface area contributed by atoms with Crippen molar-refractivity contribution < 1.29 is 19.6 Å². The van der Waals surface area contributed by atoms with Gasteiger partial charge in [-0.25, -0.2) is 4.79 Å². The Morgan fingerprint density at radius 2 is 2.00 bits per heavy atom. The maximum absolute atomic E-state index is 11.5. The number of non-ortho nitro benzene ring substituents is 1. The normalized spacial score (nSPS) is 10.3. The quantitative estimate of drug-likeness (QED) is 0.669. The van der Waals surface area contributed by atoms with Gasteiger partial charge in [-0.3, -0.25) is 15.1 Å². The zero-order chi connectivity index (χ0) is 15.4. The summed E-state index contributed by atoms with van der Waals surface area (Å²) in [6.45, 7) is 0.0719. The number of hydrogen-bond donors (Lipinski definition) is 1. The van der Waals surface area contributed by atoms with Crippen LogP contribution in [0.15, 0.2) is 36.5 Å². The molecule has 1 heterocycles. The van der Waals surface area contributed by atoms with Crippen molar-refractivity contribution in [2.75, 3.05) is 7.11 Å². The number of carbonyl (C=O) groups is 1. The van der Waals surface area contributed by atoms with Gasteiger partial charge in [-0.1, -0.05) is 0 Å². The van der Waals surface area contributed by atoms with Crippen LogP contribution >= 0.6 is 0 Å². The van der Waals surface area contributed by atoms with Crippen LogP contribution in [-0.2, 0) is 11.3 Å². The number of ether oxygens (including phenoxy) is 1. The minimum Gasteiger partial charge on any atom is -0.478 e. The number of benzene rings is 1. The van der Waals surface area contributed by atoms with E-state index in [1.165, 1.54) is 37.6 Å². The second-order valence-electron chi connectivity index (χ2n) is 4.22. The van der Waals surface area contributed by atoms with E-state index in [9.17, 15) is 20.0 Å². The number of nitro groups is 1. The van der Waals surface area contributed by atoms with Crippen molar-refractivity contribution in [2.45, 2.75) is 6.61 Å². The van der Waals surface area contributed by atoms with Crippen LogP contribution in [0.5, 0.6) is 0 Å². The first-order valence-electron chi connectivity index (χ1n) is 5.99. The van der Waals surface area contributed by atoms with Crippen LogP contribution in [0.1, 0.15) is 16.1 Å².